The number of hydrogen-bond acceptors (Lipinski definition) is 1. The van der Waals surface area contributed by atoms with Gasteiger partial charge in [-0.1, -0.05) is 149 Å². The summed E-state index contributed by atoms with van der Waals surface area (Å²) in [6, 6.07) is 57.6. The van der Waals surface area contributed by atoms with Gasteiger partial charge in [-0.25, -0.2) is 0 Å². The predicted octanol–water partition coefficient (Wildman–Crippen LogP) is 15.0. The molecule has 1 nitrogen and oxygen atoms in total. The first-order valence-corrected chi connectivity index (χ1v) is 20.2. The smallest absolute Gasteiger partial charge is 0.0546 e. The fourth-order valence-corrected chi connectivity index (χ4v) is 10.6. The normalized spacial score (nSPS) is 19.3. The van der Waals surface area contributed by atoms with Crippen LogP contribution < -0.4 is 4.90 Å². The van der Waals surface area contributed by atoms with Crippen molar-refractivity contribution in [1.29, 1.82) is 0 Å². The summed E-state index contributed by atoms with van der Waals surface area (Å²) in [5.74, 6) is 2.89. The highest BCUT2D eigenvalue weighted by Gasteiger charge is 2.40. The Labute approximate surface area is 321 Å². The van der Waals surface area contributed by atoms with Gasteiger partial charge >= 0.3 is 0 Å². The summed E-state index contributed by atoms with van der Waals surface area (Å²) in [4.78, 5) is 2.56. The van der Waals surface area contributed by atoms with Gasteiger partial charge in [-0.2, -0.15) is 0 Å². The van der Waals surface area contributed by atoms with E-state index in [-0.39, 0.29) is 5.41 Å². The predicted molar refractivity (Wildman–Crippen MR) is 229 cm³/mol. The molecule has 10 rings (SSSR count). The summed E-state index contributed by atoms with van der Waals surface area (Å²) >= 11 is 0. The number of hydrogen-bond donors (Lipinski definition) is 0. The van der Waals surface area contributed by atoms with Crippen LogP contribution >= 0.6 is 0 Å². The molecule has 2 fully saturated rings. The van der Waals surface area contributed by atoms with E-state index >= 15 is 0 Å². The van der Waals surface area contributed by atoms with Crippen LogP contribution in [0, 0.1) is 11.8 Å². The second-order valence-electron chi connectivity index (χ2n) is 17.1. The van der Waals surface area contributed by atoms with E-state index in [9.17, 15) is 0 Å². The van der Waals surface area contributed by atoms with Gasteiger partial charge in [0, 0.05) is 22.4 Å². The maximum Gasteiger partial charge on any atom is 0.0546 e. The van der Waals surface area contributed by atoms with E-state index in [4.69, 9.17) is 0 Å². The molecule has 0 heterocycles. The van der Waals surface area contributed by atoms with E-state index in [0.717, 1.165) is 11.8 Å². The molecule has 0 spiro atoms. The van der Waals surface area contributed by atoms with Crippen molar-refractivity contribution in [3.8, 4) is 33.4 Å². The molecule has 3 aliphatic rings. The van der Waals surface area contributed by atoms with Crippen molar-refractivity contribution in [3.63, 3.8) is 0 Å². The molecule has 0 saturated heterocycles. The van der Waals surface area contributed by atoms with Gasteiger partial charge in [0.05, 0.1) is 5.69 Å². The number of fused-ring (bicyclic) bond motifs is 6. The van der Waals surface area contributed by atoms with Crippen molar-refractivity contribution in [3.05, 3.63) is 174 Å². The summed E-state index contributed by atoms with van der Waals surface area (Å²) in [5, 5.41) is 2.52. The lowest BCUT2D eigenvalue weighted by atomic mass is 9.81. The zero-order chi connectivity index (χ0) is 36.6. The third-order valence-corrected chi connectivity index (χ3v) is 13.3. The number of nitrogens with zero attached hydrogens (tertiary/aromatic N) is 1. The van der Waals surface area contributed by atoms with Crippen molar-refractivity contribution < 1.29 is 0 Å². The Bertz CT molecular complexity index is 2520. The molecule has 3 unspecified atom stereocenters. The van der Waals surface area contributed by atoms with E-state index in [1.165, 1.54) is 109 Å². The number of rotatable bonds is 7. The lowest BCUT2D eigenvalue weighted by Crippen LogP contribution is -2.17. The summed E-state index contributed by atoms with van der Waals surface area (Å²) in [6.45, 7) is 9.45. The molecular weight excluding hydrogens is 651 g/mol. The summed E-state index contributed by atoms with van der Waals surface area (Å²) in [6.07, 6.45) is 5.62. The second-order valence-corrected chi connectivity index (χ2v) is 17.1. The first-order chi connectivity index (χ1) is 26.3. The molecule has 0 radical (unpaired) electrons. The lowest BCUT2D eigenvalue weighted by molar-refractivity contribution is 0.420. The highest BCUT2D eigenvalue weighted by molar-refractivity contribution is 6.00. The van der Waals surface area contributed by atoms with E-state index in [0.29, 0.717) is 11.8 Å². The molecule has 266 valence electrons. The van der Waals surface area contributed by atoms with Crippen LogP contribution in [0.25, 0.3) is 44.2 Å². The minimum Gasteiger partial charge on any atom is -0.310 e. The Morgan fingerprint density at radius 3 is 2.00 bits per heavy atom. The molecule has 7 aromatic rings. The molecule has 54 heavy (non-hydrogen) atoms. The Morgan fingerprint density at radius 1 is 0.556 bits per heavy atom. The zero-order valence-electron chi connectivity index (χ0n) is 32.0. The first kappa shape index (κ1) is 33.2. The van der Waals surface area contributed by atoms with Crippen LogP contribution in [0.4, 0.5) is 17.1 Å². The Balaban J connectivity index is 1.19. The summed E-state index contributed by atoms with van der Waals surface area (Å²) < 4.78 is 0. The maximum atomic E-state index is 2.56. The number of benzene rings is 7. The van der Waals surface area contributed by atoms with Gasteiger partial charge in [-0.15, -0.1) is 0 Å². The van der Waals surface area contributed by atoms with Crippen LogP contribution in [-0.4, -0.2) is 0 Å². The molecule has 2 bridgehead atoms. The van der Waals surface area contributed by atoms with Crippen LogP contribution in [0.5, 0.6) is 0 Å². The lowest BCUT2D eigenvalue weighted by Gasteiger charge is -2.31. The molecule has 1 heteroatoms. The van der Waals surface area contributed by atoms with Crippen molar-refractivity contribution >= 4 is 27.8 Å². The van der Waals surface area contributed by atoms with Gasteiger partial charge < -0.3 is 4.90 Å². The van der Waals surface area contributed by atoms with Crippen LogP contribution in [0.1, 0.15) is 87.5 Å². The van der Waals surface area contributed by atoms with Crippen LogP contribution in [0.2, 0.25) is 0 Å². The zero-order valence-corrected chi connectivity index (χ0v) is 32.0. The SMILES string of the molecule is CC(C)c1ccccc1-c1cc2ccccc2cc1N(c1ccc(C2CC3CCC2C3)cc1)c1ccc2c(c1)C(C)(C)c1cccc(-c3ccccc3)c1-2. The second kappa shape index (κ2) is 12.9. The van der Waals surface area contributed by atoms with Gasteiger partial charge in [-0.05, 0) is 140 Å². The fraction of sp³-hybridized carbons (Fsp3) is 0.245. The molecule has 2 saturated carbocycles. The third-order valence-electron chi connectivity index (χ3n) is 13.3. The van der Waals surface area contributed by atoms with Crippen molar-refractivity contribution in [2.75, 3.05) is 4.90 Å². The van der Waals surface area contributed by atoms with E-state index in [1.807, 2.05) is 0 Å². The van der Waals surface area contributed by atoms with E-state index < -0.39 is 0 Å². The molecule has 0 aliphatic heterocycles. The Hall–Kier alpha value is -5.40. The molecular formula is C53H49N. The minimum absolute atomic E-state index is 0.154. The van der Waals surface area contributed by atoms with E-state index in [2.05, 4.69) is 184 Å². The Kier molecular flexibility index (Phi) is 7.91. The highest BCUT2D eigenvalue weighted by atomic mass is 15.1. The van der Waals surface area contributed by atoms with Crippen LogP contribution in [0.15, 0.2) is 152 Å². The van der Waals surface area contributed by atoms with Crippen molar-refractivity contribution in [2.24, 2.45) is 11.8 Å². The molecule has 0 amide bonds. The van der Waals surface area contributed by atoms with Gasteiger partial charge in [0.25, 0.3) is 0 Å². The molecule has 0 aromatic heterocycles. The summed E-state index contributed by atoms with van der Waals surface area (Å²) in [7, 11) is 0. The average molecular weight is 700 g/mol. The van der Waals surface area contributed by atoms with E-state index in [1.54, 1.807) is 0 Å². The Morgan fingerprint density at radius 2 is 1.26 bits per heavy atom. The van der Waals surface area contributed by atoms with Crippen LogP contribution in [0.3, 0.4) is 0 Å². The topological polar surface area (TPSA) is 3.24 Å². The molecule has 7 aromatic carbocycles. The van der Waals surface area contributed by atoms with Crippen LogP contribution in [-0.2, 0) is 5.41 Å². The quantitative estimate of drug-likeness (QED) is 0.160. The van der Waals surface area contributed by atoms with Gasteiger partial charge in [0.2, 0.25) is 0 Å². The number of anilines is 3. The van der Waals surface area contributed by atoms with Gasteiger partial charge in [0.15, 0.2) is 0 Å². The third kappa shape index (κ3) is 5.35. The van der Waals surface area contributed by atoms with Gasteiger partial charge in [-0.3, -0.25) is 0 Å². The molecule has 3 atom stereocenters. The fourth-order valence-electron chi connectivity index (χ4n) is 10.6. The highest BCUT2D eigenvalue weighted by Crippen LogP contribution is 2.55. The van der Waals surface area contributed by atoms with Crippen molar-refractivity contribution in [1.82, 2.24) is 0 Å². The maximum absolute atomic E-state index is 2.56. The minimum atomic E-state index is -0.154. The molecule has 3 aliphatic carbocycles. The monoisotopic (exact) mass is 699 g/mol. The standard InChI is InChI=1S/C53H49N/c1-34(2)43-17-10-11-18-45(43)48-31-38-15-8-9-16-39(38)32-51(48)54(41-25-23-37(24-26-41)47-30-35-21-22-40(47)29-35)42-27-28-46-50(33-42)53(3,4)49-20-12-19-44(52(46)49)36-13-6-5-7-14-36/h5-20,23-28,31-35,40,47H,21-22,29-30H2,1-4H3. The van der Waals surface area contributed by atoms with Crippen molar-refractivity contribution in [2.45, 2.75) is 70.6 Å². The molecule has 0 N–H and O–H groups in total. The van der Waals surface area contributed by atoms with Gasteiger partial charge in [0.1, 0.15) is 0 Å². The first-order valence-electron chi connectivity index (χ1n) is 20.2. The largest absolute Gasteiger partial charge is 0.310 e. The summed E-state index contributed by atoms with van der Waals surface area (Å²) in [5.41, 5.74) is 17.0. The average Bonchev–Trinajstić information content (AvgIpc) is 3.91.